The van der Waals surface area contributed by atoms with Crippen molar-refractivity contribution in [2.45, 2.75) is 32.2 Å². The Labute approximate surface area is 148 Å². The summed E-state index contributed by atoms with van der Waals surface area (Å²) in [6, 6.07) is 5.59. The number of anilines is 1. The summed E-state index contributed by atoms with van der Waals surface area (Å²) in [5, 5.41) is 0. The molecule has 0 bridgehead atoms. The van der Waals surface area contributed by atoms with Crippen LogP contribution in [0, 0.1) is 0 Å². The monoisotopic (exact) mass is 339 g/mol. The van der Waals surface area contributed by atoms with Crippen molar-refractivity contribution in [3.63, 3.8) is 0 Å². The first-order chi connectivity index (χ1) is 12.3. The molecule has 2 aliphatic rings. The molecule has 6 nitrogen and oxygen atoms in total. The van der Waals surface area contributed by atoms with Crippen LogP contribution >= 0.6 is 0 Å². The molecule has 0 N–H and O–H groups in total. The van der Waals surface area contributed by atoms with E-state index in [1.54, 1.807) is 18.5 Å². The van der Waals surface area contributed by atoms with E-state index < -0.39 is 0 Å². The fourth-order valence-corrected chi connectivity index (χ4v) is 3.94. The van der Waals surface area contributed by atoms with Gasteiger partial charge in [0.15, 0.2) is 0 Å². The maximum Gasteiger partial charge on any atom is 0.250 e. The summed E-state index contributed by atoms with van der Waals surface area (Å²) in [5.41, 5.74) is 2.62. The third kappa shape index (κ3) is 3.58. The molecule has 0 atom stereocenters. The van der Waals surface area contributed by atoms with Crippen molar-refractivity contribution in [1.82, 2.24) is 19.4 Å². The summed E-state index contributed by atoms with van der Waals surface area (Å²) in [6.07, 6.45) is 7.93. The fourth-order valence-electron chi connectivity index (χ4n) is 3.94. The van der Waals surface area contributed by atoms with Gasteiger partial charge in [-0.15, -0.1) is 0 Å². The van der Waals surface area contributed by atoms with E-state index in [9.17, 15) is 4.79 Å². The minimum absolute atomic E-state index is 0.127. The molecular formula is C19H25N5O. The van der Waals surface area contributed by atoms with Crippen LogP contribution in [0.1, 0.15) is 24.1 Å². The molecule has 0 amide bonds. The molecule has 4 rings (SSSR count). The Morgan fingerprint density at radius 2 is 1.68 bits per heavy atom. The minimum atomic E-state index is 0.127. The van der Waals surface area contributed by atoms with E-state index in [2.05, 4.69) is 19.8 Å². The number of aromatic nitrogens is 3. The Morgan fingerprint density at radius 3 is 2.48 bits per heavy atom. The van der Waals surface area contributed by atoms with Crippen LogP contribution in [0.5, 0.6) is 0 Å². The first-order valence-electron chi connectivity index (χ1n) is 9.27. The van der Waals surface area contributed by atoms with Crippen LogP contribution in [0.15, 0.2) is 35.4 Å². The molecule has 2 aromatic heterocycles. The van der Waals surface area contributed by atoms with E-state index in [-0.39, 0.29) is 5.56 Å². The third-order valence-electron chi connectivity index (χ3n) is 5.33. The molecule has 132 valence electrons. The smallest absolute Gasteiger partial charge is 0.250 e. The lowest BCUT2D eigenvalue weighted by molar-refractivity contribution is 0.318. The van der Waals surface area contributed by atoms with Gasteiger partial charge in [0.1, 0.15) is 0 Å². The Kier molecular flexibility index (Phi) is 4.78. The van der Waals surface area contributed by atoms with E-state index in [0.717, 1.165) is 45.0 Å². The van der Waals surface area contributed by atoms with Gasteiger partial charge in [0.05, 0.1) is 0 Å². The zero-order valence-corrected chi connectivity index (χ0v) is 14.6. The summed E-state index contributed by atoms with van der Waals surface area (Å²) in [5.74, 6) is 0.779. The lowest BCUT2D eigenvalue weighted by Gasteiger charge is -2.20. The van der Waals surface area contributed by atoms with E-state index in [0.29, 0.717) is 0 Å². The summed E-state index contributed by atoms with van der Waals surface area (Å²) < 4.78 is 2.00. The Morgan fingerprint density at radius 1 is 0.920 bits per heavy atom. The molecule has 4 heterocycles. The molecule has 1 fully saturated rings. The summed E-state index contributed by atoms with van der Waals surface area (Å²) in [7, 11) is 0. The SMILES string of the molecule is O=c1ccc2c(n1CCN1CCCC1)CCN(c1ncccn1)CC2. The first-order valence-corrected chi connectivity index (χ1v) is 9.27. The second-order valence-electron chi connectivity index (χ2n) is 6.88. The highest BCUT2D eigenvalue weighted by Crippen LogP contribution is 2.17. The summed E-state index contributed by atoms with van der Waals surface area (Å²) in [6.45, 7) is 5.85. The average molecular weight is 339 g/mol. The van der Waals surface area contributed by atoms with Crippen LogP contribution in [0.2, 0.25) is 0 Å². The lowest BCUT2D eigenvalue weighted by atomic mass is 10.1. The highest BCUT2D eigenvalue weighted by Gasteiger charge is 2.19. The average Bonchev–Trinajstić information content (AvgIpc) is 3.07. The molecule has 2 aliphatic heterocycles. The number of fused-ring (bicyclic) bond motifs is 1. The molecule has 1 saturated heterocycles. The molecule has 0 saturated carbocycles. The van der Waals surface area contributed by atoms with Crippen molar-refractivity contribution in [2.75, 3.05) is 37.6 Å². The molecule has 6 heteroatoms. The normalized spacial score (nSPS) is 18.2. The van der Waals surface area contributed by atoms with Gasteiger partial charge in [-0.05, 0) is 44.0 Å². The van der Waals surface area contributed by atoms with Crippen LogP contribution in [0.25, 0.3) is 0 Å². The predicted octanol–water partition coefficient (Wildman–Crippen LogP) is 1.34. The van der Waals surface area contributed by atoms with Crippen LogP contribution in [0.4, 0.5) is 5.95 Å². The second kappa shape index (κ2) is 7.35. The first kappa shape index (κ1) is 16.3. The topological polar surface area (TPSA) is 54.3 Å². The summed E-state index contributed by atoms with van der Waals surface area (Å²) in [4.78, 5) is 25.9. The van der Waals surface area contributed by atoms with Crippen molar-refractivity contribution in [3.05, 3.63) is 52.2 Å². The molecular weight excluding hydrogens is 314 g/mol. The van der Waals surface area contributed by atoms with Crippen LogP contribution in [0.3, 0.4) is 0 Å². The van der Waals surface area contributed by atoms with Crippen molar-refractivity contribution in [1.29, 1.82) is 0 Å². The molecule has 0 spiro atoms. The van der Waals surface area contributed by atoms with E-state index in [1.807, 2.05) is 16.7 Å². The van der Waals surface area contributed by atoms with Gasteiger partial charge in [0.2, 0.25) is 5.95 Å². The zero-order chi connectivity index (χ0) is 17.1. The highest BCUT2D eigenvalue weighted by molar-refractivity contribution is 5.33. The maximum absolute atomic E-state index is 12.5. The Hall–Kier alpha value is -2.21. The molecule has 2 aromatic rings. The Balaban J connectivity index is 1.53. The van der Waals surface area contributed by atoms with Crippen molar-refractivity contribution < 1.29 is 0 Å². The number of likely N-dealkylation sites (tertiary alicyclic amines) is 1. The van der Waals surface area contributed by atoms with Gasteiger partial charge in [-0.2, -0.15) is 0 Å². The van der Waals surface area contributed by atoms with Gasteiger partial charge in [-0.25, -0.2) is 9.97 Å². The predicted molar refractivity (Wildman–Crippen MR) is 98.0 cm³/mol. The third-order valence-corrected chi connectivity index (χ3v) is 5.33. The van der Waals surface area contributed by atoms with Gasteiger partial charge < -0.3 is 14.4 Å². The van der Waals surface area contributed by atoms with Crippen LogP contribution in [-0.4, -0.2) is 52.2 Å². The van der Waals surface area contributed by atoms with Gasteiger partial charge in [-0.1, -0.05) is 6.07 Å². The van der Waals surface area contributed by atoms with Crippen LogP contribution in [-0.2, 0) is 19.4 Å². The van der Waals surface area contributed by atoms with Gasteiger partial charge >= 0.3 is 0 Å². The minimum Gasteiger partial charge on any atom is -0.340 e. The molecule has 0 radical (unpaired) electrons. The van der Waals surface area contributed by atoms with E-state index in [1.165, 1.54) is 37.2 Å². The number of rotatable bonds is 4. The number of pyridine rings is 1. The molecule has 0 aromatic carbocycles. The Bertz CT molecular complexity index is 767. The van der Waals surface area contributed by atoms with E-state index >= 15 is 0 Å². The standard InChI is InChI=1S/C19H25N5O/c25-18-5-4-16-6-12-23(19-20-8-3-9-21-19)13-7-17(16)24(18)15-14-22-10-1-2-11-22/h3-5,8-9H,1-2,6-7,10-15H2. The highest BCUT2D eigenvalue weighted by atomic mass is 16.1. The van der Waals surface area contributed by atoms with Crippen molar-refractivity contribution >= 4 is 5.95 Å². The molecule has 0 aliphatic carbocycles. The summed E-state index contributed by atoms with van der Waals surface area (Å²) >= 11 is 0. The van der Waals surface area contributed by atoms with Gasteiger partial charge in [-0.3, -0.25) is 4.79 Å². The quantitative estimate of drug-likeness (QED) is 0.841. The van der Waals surface area contributed by atoms with Crippen LogP contribution < -0.4 is 10.5 Å². The van der Waals surface area contributed by atoms with E-state index in [4.69, 9.17) is 0 Å². The maximum atomic E-state index is 12.5. The van der Waals surface area contributed by atoms with Crippen molar-refractivity contribution in [2.24, 2.45) is 0 Å². The van der Waals surface area contributed by atoms with Gasteiger partial charge in [0.25, 0.3) is 5.56 Å². The molecule has 0 unspecified atom stereocenters. The zero-order valence-electron chi connectivity index (χ0n) is 14.6. The fraction of sp³-hybridized carbons (Fsp3) is 0.526. The number of hydrogen-bond donors (Lipinski definition) is 0. The van der Waals surface area contributed by atoms with Gasteiger partial charge in [0, 0.05) is 56.8 Å². The largest absolute Gasteiger partial charge is 0.340 e. The lowest BCUT2D eigenvalue weighted by Crippen LogP contribution is -2.32. The second-order valence-corrected chi connectivity index (χ2v) is 6.88. The molecule has 25 heavy (non-hydrogen) atoms. The van der Waals surface area contributed by atoms with Crippen molar-refractivity contribution in [3.8, 4) is 0 Å². The number of hydrogen-bond acceptors (Lipinski definition) is 5. The number of nitrogens with zero attached hydrogens (tertiary/aromatic N) is 5.